The van der Waals surface area contributed by atoms with E-state index in [0.717, 1.165) is 27.9 Å². The number of rotatable bonds is 2. The van der Waals surface area contributed by atoms with Crippen molar-refractivity contribution in [3.8, 4) is 11.1 Å². The Labute approximate surface area is 106 Å². The van der Waals surface area contributed by atoms with Crippen molar-refractivity contribution in [3.63, 3.8) is 0 Å². The molecule has 0 aliphatic heterocycles. The van der Waals surface area contributed by atoms with Gasteiger partial charge < -0.3 is 5.11 Å². The largest absolute Gasteiger partial charge is 0.478 e. The van der Waals surface area contributed by atoms with Crippen molar-refractivity contribution in [3.05, 3.63) is 52.8 Å². The smallest absolute Gasteiger partial charge is 0.335 e. The van der Waals surface area contributed by atoms with Crippen LogP contribution in [0.25, 0.3) is 11.1 Å². The van der Waals surface area contributed by atoms with Crippen LogP contribution in [0.15, 0.2) is 30.5 Å². The van der Waals surface area contributed by atoms with Gasteiger partial charge in [-0.1, -0.05) is 12.1 Å². The molecule has 0 bridgehead atoms. The van der Waals surface area contributed by atoms with Gasteiger partial charge in [-0.3, -0.25) is 4.98 Å². The van der Waals surface area contributed by atoms with Crippen LogP contribution >= 0.6 is 0 Å². The molecular weight excluding hydrogens is 226 g/mol. The van der Waals surface area contributed by atoms with E-state index >= 15 is 0 Å². The maximum absolute atomic E-state index is 11.2. The number of carboxylic acids is 1. The second kappa shape index (κ2) is 4.61. The Kier molecular flexibility index (Phi) is 3.15. The van der Waals surface area contributed by atoms with E-state index in [1.165, 1.54) is 0 Å². The summed E-state index contributed by atoms with van der Waals surface area (Å²) >= 11 is 0. The molecule has 3 nitrogen and oxygen atoms in total. The number of carboxylic acid groups (broad SMARTS) is 1. The predicted molar refractivity (Wildman–Crippen MR) is 70.8 cm³/mol. The molecule has 0 aliphatic rings. The molecule has 2 rings (SSSR count). The molecule has 0 amide bonds. The first-order chi connectivity index (χ1) is 8.49. The van der Waals surface area contributed by atoms with E-state index in [2.05, 4.69) is 4.98 Å². The highest BCUT2D eigenvalue weighted by molar-refractivity contribution is 5.91. The number of nitrogens with zero attached hydrogens (tertiary/aromatic N) is 1. The molecule has 0 fully saturated rings. The highest BCUT2D eigenvalue weighted by atomic mass is 16.4. The summed E-state index contributed by atoms with van der Waals surface area (Å²) in [4.78, 5) is 15.4. The molecule has 1 aromatic heterocycles. The third kappa shape index (κ3) is 2.25. The van der Waals surface area contributed by atoms with E-state index in [1.807, 2.05) is 39.0 Å². The van der Waals surface area contributed by atoms with Crippen LogP contribution in [-0.2, 0) is 0 Å². The highest BCUT2D eigenvalue weighted by Gasteiger charge is 2.11. The average molecular weight is 241 g/mol. The maximum Gasteiger partial charge on any atom is 0.335 e. The van der Waals surface area contributed by atoms with E-state index in [-0.39, 0.29) is 0 Å². The number of benzene rings is 1. The Bertz CT molecular complexity index is 601. The molecule has 92 valence electrons. The topological polar surface area (TPSA) is 50.2 Å². The fourth-order valence-corrected chi connectivity index (χ4v) is 2.02. The lowest BCUT2D eigenvalue weighted by Gasteiger charge is -2.10. The molecule has 3 heteroatoms. The molecule has 2 aromatic rings. The van der Waals surface area contributed by atoms with Crippen LogP contribution in [0.5, 0.6) is 0 Å². The summed E-state index contributed by atoms with van der Waals surface area (Å²) < 4.78 is 0. The van der Waals surface area contributed by atoms with Crippen LogP contribution < -0.4 is 0 Å². The number of carbonyl (C=O) groups is 1. The minimum absolute atomic E-state index is 0.344. The van der Waals surface area contributed by atoms with Gasteiger partial charge in [0.2, 0.25) is 0 Å². The molecule has 0 aliphatic carbocycles. The summed E-state index contributed by atoms with van der Waals surface area (Å²) in [6.45, 7) is 5.72. The molecule has 0 atom stereocenters. The van der Waals surface area contributed by atoms with Crippen molar-refractivity contribution < 1.29 is 9.90 Å². The summed E-state index contributed by atoms with van der Waals surface area (Å²) in [5.74, 6) is -0.895. The molecule has 18 heavy (non-hydrogen) atoms. The van der Waals surface area contributed by atoms with Crippen molar-refractivity contribution in [1.82, 2.24) is 4.98 Å². The summed E-state index contributed by atoms with van der Waals surface area (Å²) in [6, 6.07) is 7.51. The van der Waals surface area contributed by atoms with Gasteiger partial charge in [0.05, 0.1) is 5.56 Å². The van der Waals surface area contributed by atoms with Crippen LogP contribution in [0.2, 0.25) is 0 Å². The molecule has 0 spiro atoms. The first-order valence-corrected chi connectivity index (χ1v) is 5.76. The SMILES string of the molecule is Cc1ccc(-c2cc(C(=O)O)c(C)cc2C)cn1. The van der Waals surface area contributed by atoms with E-state index in [9.17, 15) is 4.79 Å². The fraction of sp³-hybridized carbons (Fsp3) is 0.200. The van der Waals surface area contributed by atoms with Gasteiger partial charge in [0.15, 0.2) is 0 Å². The van der Waals surface area contributed by atoms with Gasteiger partial charge in [0.25, 0.3) is 0 Å². The summed E-state index contributed by atoms with van der Waals surface area (Å²) in [5, 5.41) is 9.16. The maximum atomic E-state index is 11.2. The fourth-order valence-electron chi connectivity index (χ4n) is 2.02. The van der Waals surface area contributed by atoms with E-state index < -0.39 is 5.97 Å². The third-order valence-corrected chi connectivity index (χ3v) is 3.02. The summed E-state index contributed by atoms with van der Waals surface area (Å²) in [6.07, 6.45) is 1.78. The monoisotopic (exact) mass is 241 g/mol. The lowest BCUT2D eigenvalue weighted by atomic mass is 9.96. The van der Waals surface area contributed by atoms with E-state index in [0.29, 0.717) is 5.56 Å². The van der Waals surface area contributed by atoms with E-state index in [1.54, 1.807) is 12.3 Å². The quantitative estimate of drug-likeness (QED) is 0.876. The first-order valence-electron chi connectivity index (χ1n) is 5.76. The molecule has 0 radical (unpaired) electrons. The van der Waals surface area contributed by atoms with Crippen molar-refractivity contribution in [2.45, 2.75) is 20.8 Å². The zero-order valence-electron chi connectivity index (χ0n) is 10.7. The second-order valence-electron chi connectivity index (χ2n) is 4.48. The molecular formula is C15H15NO2. The van der Waals surface area contributed by atoms with Crippen molar-refractivity contribution >= 4 is 5.97 Å². The van der Waals surface area contributed by atoms with Gasteiger partial charge in [-0.2, -0.15) is 0 Å². The van der Waals surface area contributed by atoms with Crippen molar-refractivity contribution in [2.24, 2.45) is 0 Å². The van der Waals surface area contributed by atoms with Gasteiger partial charge in [0.1, 0.15) is 0 Å². The highest BCUT2D eigenvalue weighted by Crippen LogP contribution is 2.26. The Morgan fingerprint density at radius 1 is 1.11 bits per heavy atom. The van der Waals surface area contributed by atoms with Crippen LogP contribution in [0.4, 0.5) is 0 Å². The zero-order valence-corrected chi connectivity index (χ0v) is 10.7. The number of hydrogen-bond donors (Lipinski definition) is 1. The van der Waals surface area contributed by atoms with Gasteiger partial charge >= 0.3 is 5.97 Å². The minimum Gasteiger partial charge on any atom is -0.478 e. The third-order valence-electron chi connectivity index (χ3n) is 3.02. The van der Waals surface area contributed by atoms with Gasteiger partial charge in [-0.25, -0.2) is 4.79 Å². The molecule has 1 aromatic carbocycles. The van der Waals surface area contributed by atoms with E-state index in [4.69, 9.17) is 5.11 Å². The molecule has 1 N–H and O–H groups in total. The lowest BCUT2D eigenvalue weighted by molar-refractivity contribution is 0.0696. The number of aromatic carboxylic acids is 1. The van der Waals surface area contributed by atoms with Gasteiger partial charge in [-0.05, 0) is 49.6 Å². The Morgan fingerprint density at radius 3 is 2.39 bits per heavy atom. The predicted octanol–water partition coefficient (Wildman–Crippen LogP) is 3.37. The van der Waals surface area contributed by atoms with Crippen LogP contribution in [0, 0.1) is 20.8 Å². The Hall–Kier alpha value is -2.16. The van der Waals surface area contributed by atoms with Gasteiger partial charge in [-0.15, -0.1) is 0 Å². The van der Waals surface area contributed by atoms with Crippen molar-refractivity contribution in [2.75, 3.05) is 0 Å². The normalized spacial score (nSPS) is 10.4. The number of hydrogen-bond acceptors (Lipinski definition) is 2. The number of aryl methyl sites for hydroxylation is 3. The molecule has 0 saturated carbocycles. The lowest BCUT2D eigenvalue weighted by Crippen LogP contribution is -2.01. The van der Waals surface area contributed by atoms with Crippen molar-refractivity contribution in [1.29, 1.82) is 0 Å². The number of aromatic nitrogens is 1. The molecule has 0 unspecified atom stereocenters. The molecule has 1 heterocycles. The molecule has 0 saturated heterocycles. The standard InChI is InChI=1S/C15H15NO2/c1-9-6-10(2)14(15(17)18)7-13(9)12-5-4-11(3)16-8-12/h4-8H,1-3H3,(H,17,18). The zero-order chi connectivity index (χ0) is 13.3. The minimum atomic E-state index is -0.895. The Morgan fingerprint density at radius 2 is 1.83 bits per heavy atom. The number of pyridine rings is 1. The summed E-state index contributed by atoms with van der Waals surface area (Å²) in [7, 11) is 0. The average Bonchev–Trinajstić information content (AvgIpc) is 2.30. The summed E-state index contributed by atoms with van der Waals surface area (Å²) in [5.41, 5.74) is 5.00. The Balaban J connectivity index is 2.60. The second-order valence-corrected chi connectivity index (χ2v) is 4.48. The van der Waals surface area contributed by atoms with Crippen LogP contribution in [0.1, 0.15) is 27.2 Å². The van der Waals surface area contributed by atoms with Crippen LogP contribution in [-0.4, -0.2) is 16.1 Å². The van der Waals surface area contributed by atoms with Crippen LogP contribution in [0.3, 0.4) is 0 Å². The van der Waals surface area contributed by atoms with Gasteiger partial charge in [0, 0.05) is 17.5 Å². The first kappa shape index (κ1) is 12.3.